The second kappa shape index (κ2) is 8.11. The molecular formula is C29H41NO2. The number of aliphatic hydroxyl groups is 2. The first-order valence-electron chi connectivity index (χ1n) is 12.8. The van der Waals surface area contributed by atoms with E-state index < -0.39 is 5.60 Å². The van der Waals surface area contributed by atoms with E-state index in [0.29, 0.717) is 11.8 Å². The molecule has 0 aromatic heterocycles. The fraction of sp³-hybridized carbons (Fsp3) is 0.655. The molecule has 0 radical (unpaired) electrons. The van der Waals surface area contributed by atoms with Gasteiger partial charge < -0.3 is 15.1 Å². The highest BCUT2D eigenvalue weighted by Crippen LogP contribution is 2.65. The molecule has 0 saturated heterocycles. The molecule has 3 heteroatoms. The van der Waals surface area contributed by atoms with Crippen LogP contribution in [0.5, 0.6) is 0 Å². The van der Waals surface area contributed by atoms with Gasteiger partial charge in [-0.15, -0.1) is 0 Å². The topological polar surface area (TPSA) is 43.7 Å². The lowest BCUT2D eigenvalue weighted by molar-refractivity contribution is -0.0988. The van der Waals surface area contributed by atoms with E-state index in [-0.39, 0.29) is 16.9 Å². The molecule has 0 unspecified atom stereocenters. The molecule has 6 atom stereocenters. The Kier molecular flexibility index (Phi) is 5.67. The third-order valence-electron chi connectivity index (χ3n) is 10.0. The zero-order chi connectivity index (χ0) is 22.6. The SMILES string of the molecule is CN(CCc1ccccc1)C[C@]1(O)CC[C@H]2C3=CC=C4C[C@@H](O)CC[C@]4(C)[C@H]3CC[C@@]21C. The molecule has 32 heavy (non-hydrogen) atoms. The summed E-state index contributed by atoms with van der Waals surface area (Å²) in [5.41, 5.74) is 3.96. The molecule has 0 amide bonds. The molecule has 0 spiro atoms. The minimum absolute atomic E-state index is 0.0494. The van der Waals surface area contributed by atoms with Crippen molar-refractivity contribution in [1.82, 2.24) is 4.90 Å². The van der Waals surface area contributed by atoms with Crippen molar-refractivity contribution in [1.29, 1.82) is 0 Å². The van der Waals surface area contributed by atoms with Crippen molar-refractivity contribution < 1.29 is 10.2 Å². The highest BCUT2D eigenvalue weighted by molar-refractivity contribution is 5.39. The first kappa shape index (κ1) is 22.4. The molecule has 1 aromatic rings. The summed E-state index contributed by atoms with van der Waals surface area (Å²) in [5, 5.41) is 22.2. The maximum atomic E-state index is 12.0. The second-order valence-electron chi connectivity index (χ2n) is 11.8. The first-order chi connectivity index (χ1) is 15.3. The van der Waals surface area contributed by atoms with Gasteiger partial charge in [-0.3, -0.25) is 0 Å². The lowest BCUT2D eigenvalue weighted by Gasteiger charge is -2.56. The molecule has 0 aliphatic heterocycles. The molecule has 4 aliphatic rings. The number of hydrogen-bond donors (Lipinski definition) is 2. The smallest absolute Gasteiger partial charge is 0.0833 e. The molecule has 174 valence electrons. The van der Waals surface area contributed by atoms with Crippen LogP contribution in [0.1, 0.15) is 64.4 Å². The zero-order valence-corrected chi connectivity index (χ0v) is 20.2. The monoisotopic (exact) mass is 435 g/mol. The Morgan fingerprint density at radius 3 is 2.50 bits per heavy atom. The summed E-state index contributed by atoms with van der Waals surface area (Å²) in [5.74, 6) is 1.07. The van der Waals surface area contributed by atoms with Crippen LogP contribution < -0.4 is 0 Å². The molecule has 1 aromatic carbocycles. The lowest BCUT2D eigenvalue weighted by Crippen LogP contribution is -2.55. The molecule has 0 heterocycles. The average Bonchev–Trinajstić information content (AvgIpc) is 3.04. The Labute approximate surface area is 194 Å². The Balaban J connectivity index is 1.33. The minimum atomic E-state index is -0.622. The van der Waals surface area contributed by atoms with Crippen LogP contribution in [-0.4, -0.2) is 47.0 Å². The Morgan fingerprint density at radius 1 is 0.969 bits per heavy atom. The Hall–Kier alpha value is -1.42. The van der Waals surface area contributed by atoms with Crippen molar-refractivity contribution in [3.63, 3.8) is 0 Å². The number of allylic oxidation sites excluding steroid dienone is 3. The van der Waals surface area contributed by atoms with Gasteiger partial charge in [0, 0.05) is 18.5 Å². The summed E-state index contributed by atoms with van der Waals surface area (Å²) in [7, 11) is 2.17. The summed E-state index contributed by atoms with van der Waals surface area (Å²) in [6.07, 6.45) is 12.7. The summed E-state index contributed by atoms with van der Waals surface area (Å²) >= 11 is 0. The van der Waals surface area contributed by atoms with Gasteiger partial charge in [0.05, 0.1) is 11.7 Å². The molecular weight excluding hydrogens is 394 g/mol. The quantitative estimate of drug-likeness (QED) is 0.673. The van der Waals surface area contributed by atoms with Gasteiger partial charge in [0.15, 0.2) is 0 Å². The van der Waals surface area contributed by atoms with Crippen LogP contribution in [0.4, 0.5) is 0 Å². The largest absolute Gasteiger partial charge is 0.393 e. The van der Waals surface area contributed by atoms with Crippen molar-refractivity contribution in [2.45, 2.75) is 76.9 Å². The zero-order valence-electron chi connectivity index (χ0n) is 20.2. The first-order valence-corrected chi connectivity index (χ1v) is 12.8. The maximum Gasteiger partial charge on any atom is 0.0833 e. The van der Waals surface area contributed by atoms with Gasteiger partial charge in [0.25, 0.3) is 0 Å². The van der Waals surface area contributed by atoms with Crippen LogP contribution in [0.25, 0.3) is 0 Å². The Morgan fingerprint density at radius 2 is 1.72 bits per heavy atom. The van der Waals surface area contributed by atoms with Gasteiger partial charge in [0.2, 0.25) is 0 Å². The van der Waals surface area contributed by atoms with Crippen molar-refractivity contribution >= 4 is 0 Å². The normalized spacial score (nSPS) is 40.9. The molecule has 3 nitrogen and oxygen atoms in total. The van der Waals surface area contributed by atoms with Gasteiger partial charge in [-0.1, -0.05) is 67.5 Å². The van der Waals surface area contributed by atoms with Gasteiger partial charge in [0.1, 0.15) is 0 Å². The van der Waals surface area contributed by atoms with E-state index in [4.69, 9.17) is 0 Å². The van der Waals surface area contributed by atoms with E-state index in [1.807, 2.05) is 0 Å². The molecule has 3 fully saturated rings. The molecule has 5 rings (SSSR count). The van der Waals surface area contributed by atoms with Gasteiger partial charge in [-0.05, 0) is 81.2 Å². The predicted octanol–water partition coefficient (Wildman–Crippen LogP) is 5.14. The van der Waals surface area contributed by atoms with Crippen LogP contribution in [0, 0.1) is 22.7 Å². The number of aliphatic hydroxyl groups excluding tert-OH is 1. The molecule has 4 aliphatic carbocycles. The summed E-state index contributed by atoms with van der Waals surface area (Å²) < 4.78 is 0. The summed E-state index contributed by atoms with van der Waals surface area (Å²) in [6.45, 7) is 6.56. The highest BCUT2D eigenvalue weighted by Gasteiger charge is 2.62. The van der Waals surface area contributed by atoms with Crippen LogP contribution in [0.3, 0.4) is 0 Å². The number of likely N-dealkylation sites (N-methyl/N-ethyl adjacent to an activating group) is 1. The van der Waals surface area contributed by atoms with Crippen molar-refractivity contribution in [3.05, 3.63) is 59.2 Å². The van der Waals surface area contributed by atoms with Gasteiger partial charge >= 0.3 is 0 Å². The predicted molar refractivity (Wildman–Crippen MR) is 130 cm³/mol. The van der Waals surface area contributed by atoms with Crippen LogP contribution in [0.2, 0.25) is 0 Å². The Bertz CT molecular complexity index is 907. The van der Waals surface area contributed by atoms with Crippen molar-refractivity contribution in [3.8, 4) is 0 Å². The van der Waals surface area contributed by atoms with E-state index in [2.05, 4.69) is 68.3 Å². The van der Waals surface area contributed by atoms with E-state index >= 15 is 0 Å². The van der Waals surface area contributed by atoms with Crippen LogP contribution >= 0.6 is 0 Å². The number of hydrogen-bond acceptors (Lipinski definition) is 3. The number of rotatable bonds is 5. The number of fused-ring (bicyclic) bond motifs is 5. The minimum Gasteiger partial charge on any atom is -0.393 e. The second-order valence-corrected chi connectivity index (χ2v) is 11.8. The van der Waals surface area contributed by atoms with Crippen molar-refractivity contribution in [2.75, 3.05) is 20.1 Å². The van der Waals surface area contributed by atoms with Crippen LogP contribution in [0.15, 0.2) is 53.6 Å². The van der Waals surface area contributed by atoms with Gasteiger partial charge in [-0.2, -0.15) is 0 Å². The van der Waals surface area contributed by atoms with Crippen molar-refractivity contribution in [2.24, 2.45) is 22.7 Å². The standard InChI is InChI=1S/C29H41NO2/c1-27-15-11-23(31)19-22(27)9-10-24-25(27)12-16-28(2)26(24)13-17-29(28,32)20-30(3)18-14-21-7-5-4-6-8-21/h4-10,23,25-26,31-32H,11-20H2,1-3H3/t23-,25-,26-,27-,28-,29+/m0/s1. The maximum absolute atomic E-state index is 12.0. The van der Waals surface area contributed by atoms with E-state index in [0.717, 1.165) is 58.0 Å². The third kappa shape index (κ3) is 3.52. The van der Waals surface area contributed by atoms with E-state index in [9.17, 15) is 10.2 Å². The summed E-state index contributed by atoms with van der Waals surface area (Å²) in [4.78, 5) is 2.35. The number of benzene rings is 1. The molecule has 3 saturated carbocycles. The molecule has 2 N–H and O–H groups in total. The fourth-order valence-electron chi connectivity index (χ4n) is 7.84. The van der Waals surface area contributed by atoms with Crippen LogP contribution in [-0.2, 0) is 6.42 Å². The van der Waals surface area contributed by atoms with E-state index in [1.165, 1.54) is 17.6 Å². The number of nitrogens with zero attached hydrogens (tertiary/aromatic N) is 1. The lowest BCUT2D eigenvalue weighted by atomic mass is 9.50. The van der Waals surface area contributed by atoms with E-state index in [1.54, 1.807) is 5.57 Å². The molecule has 0 bridgehead atoms. The third-order valence-corrected chi connectivity index (χ3v) is 10.0. The fourth-order valence-corrected chi connectivity index (χ4v) is 7.84. The average molecular weight is 436 g/mol. The van der Waals surface area contributed by atoms with Gasteiger partial charge in [-0.25, -0.2) is 0 Å². The summed E-state index contributed by atoms with van der Waals surface area (Å²) in [6, 6.07) is 10.7. The highest BCUT2D eigenvalue weighted by atomic mass is 16.3.